The molecule has 2 N–H and O–H groups in total. The lowest BCUT2D eigenvalue weighted by atomic mass is 10.2. The molecule has 0 bridgehead atoms. The summed E-state index contributed by atoms with van der Waals surface area (Å²) >= 11 is 0. The van der Waals surface area contributed by atoms with Gasteiger partial charge >= 0.3 is 0 Å². The Morgan fingerprint density at radius 2 is 1.83 bits per heavy atom. The molecule has 0 unspecified atom stereocenters. The first-order valence-electron chi connectivity index (χ1n) is 9.24. The zero-order valence-electron chi connectivity index (χ0n) is 16.7. The van der Waals surface area contributed by atoms with Gasteiger partial charge in [0, 0.05) is 25.3 Å². The van der Waals surface area contributed by atoms with Crippen molar-refractivity contribution in [2.75, 3.05) is 38.0 Å². The number of rotatable bonds is 8. The minimum atomic E-state index is -0.344. The number of nitrogens with zero attached hydrogens (tertiary/aromatic N) is 2. The van der Waals surface area contributed by atoms with Crippen LogP contribution in [-0.4, -0.2) is 43.2 Å². The van der Waals surface area contributed by atoms with Gasteiger partial charge in [0.2, 0.25) is 0 Å². The molecule has 7 heteroatoms. The highest BCUT2D eigenvalue weighted by atomic mass is 16.5. The fourth-order valence-corrected chi connectivity index (χ4v) is 2.76. The molecule has 3 aromatic rings. The molecule has 0 saturated heterocycles. The molecule has 0 fully saturated rings. The van der Waals surface area contributed by atoms with E-state index >= 15 is 0 Å². The molecule has 0 aliphatic rings. The smallest absolute Gasteiger partial charge is 0.274 e. The van der Waals surface area contributed by atoms with Crippen LogP contribution in [0.2, 0.25) is 0 Å². The van der Waals surface area contributed by atoms with E-state index in [0.717, 1.165) is 11.1 Å². The molecule has 2 aromatic carbocycles. The van der Waals surface area contributed by atoms with Crippen LogP contribution in [0.5, 0.6) is 5.75 Å². The van der Waals surface area contributed by atoms with Gasteiger partial charge in [0.25, 0.3) is 5.91 Å². The number of carbonyl (C=O) groups excluding carboxylic acids is 1. The first kappa shape index (κ1) is 20.3. The third-order valence-electron chi connectivity index (χ3n) is 4.21. The van der Waals surface area contributed by atoms with Crippen LogP contribution >= 0.6 is 0 Å². The number of hydrogen-bond donors (Lipinski definition) is 2. The Labute approximate surface area is 170 Å². The number of anilines is 2. The molecule has 0 radical (unpaired) electrons. The highest BCUT2D eigenvalue weighted by Crippen LogP contribution is 2.26. The Hall–Kier alpha value is -3.45. The van der Waals surface area contributed by atoms with Crippen LogP contribution < -0.4 is 15.4 Å². The predicted molar refractivity (Wildman–Crippen MR) is 114 cm³/mol. The quantitative estimate of drug-likeness (QED) is 0.568. The SMILES string of the molecule is COCCNc1cc(C(=O)Nc2cc(C)ccc2OC)nc(-c2ccccc2)n1. The number of carbonyl (C=O) groups is 1. The summed E-state index contributed by atoms with van der Waals surface area (Å²) in [6.45, 7) is 3.03. The van der Waals surface area contributed by atoms with Crippen molar-refractivity contribution in [3.8, 4) is 17.1 Å². The largest absolute Gasteiger partial charge is 0.495 e. The maximum atomic E-state index is 12.9. The number of aromatic nitrogens is 2. The van der Waals surface area contributed by atoms with Gasteiger partial charge in [-0.2, -0.15) is 0 Å². The molecular formula is C22H24N4O3. The van der Waals surface area contributed by atoms with Crippen molar-refractivity contribution in [3.63, 3.8) is 0 Å². The molecule has 7 nitrogen and oxygen atoms in total. The summed E-state index contributed by atoms with van der Waals surface area (Å²) in [4.78, 5) is 22.0. The van der Waals surface area contributed by atoms with Gasteiger partial charge in [-0.3, -0.25) is 4.79 Å². The number of methoxy groups -OCH3 is 2. The second kappa shape index (κ2) is 9.66. The van der Waals surface area contributed by atoms with Crippen molar-refractivity contribution in [2.24, 2.45) is 0 Å². The van der Waals surface area contributed by atoms with Crippen molar-refractivity contribution >= 4 is 17.4 Å². The third kappa shape index (κ3) is 5.30. The molecule has 1 heterocycles. The standard InChI is InChI=1S/C22H24N4O3/c1-15-9-10-19(29-3)17(13-15)25-22(27)18-14-20(23-11-12-28-2)26-21(24-18)16-7-5-4-6-8-16/h4-10,13-14H,11-12H2,1-3H3,(H,25,27)(H,23,24,26). The van der Waals surface area contributed by atoms with Crippen LogP contribution in [0.25, 0.3) is 11.4 Å². The Bertz CT molecular complexity index is 977. The summed E-state index contributed by atoms with van der Waals surface area (Å²) in [6.07, 6.45) is 0. The molecule has 0 aliphatic heterocycles. The Morgan fingerprint density at radius 3 is 2.55 bits per heavy atom. The molecule has 0 spiro atoms. The van der Waals surface area contributed by atoms with Crippen LogP contribution in [0.1, 0.15) is 16.1 Å². The van der Waals surface area contributed by atoms with E-state index in [1.807, 2.05) is 55.5 Å². The van der Waals surface area contributed by atoms with Crippen LogP contribution in [0.15, 0.2) is 54.6 Å². The number of hydrogen-bond acceptors (Lipinski definition) is 6. The van der Waals surface area contributed by atoms with Crippen molar-refractivity contribution in [1.82, 2.24) is 9.97 Å². The maximum Gasteiger partial charge on any atom is 0.274 e. The Balaban J connectivity index is 1.93. The topological polar surface area (TPSA) is 85.4 Å². The summed E-state index contributed by atoms with van der Waals surface area (Å²) in [6, 6.07) is 16.7. The van der Waals surface area contributed by atoms with Crippen LogP contribution in [-0.2, 0) is 4.74 Å². The second-order valence-electron chi connectivity index (χ2n) is 6.41. The fourth-order valence-electron chi connectivity index (χ4n) is 2.76. The number of nitrogens with one attached hydrogen (secondary N) is 2. The minimum absolute atomic E-state index is 0.252. The van der Waals surface area contributed by atoms with E-state index < -0.39 is 0 Å². The highest BCUT2D eigenvalue weighted by Gasteiger charge is 2.15. The average molecular weight is 392 g/mol. The van der Waals surface area contributed by atoms with Gasteiger partial charge in [-0.1, -0.05) is 36.4 Å². The molecular weight excluding hydrogens is 368 g/mol. The lowest BCUT2D eigenvalue weighted by Gasteiger charge is -2.13. The van der Waals surface area contributed by atoms with E-state index in [2.05, 4.69) is 20.6 Å². The summed E-state index contributed by atoms with van der Waals surface area (Å²) < 4.78 is 10.4. The Kier molecular flexibility index (Phi) is 6.76. The summed E-state index contributed by atoms with van der Waals surface area (Å²) in [7, 11) is 3.20. The molecule has 1 aromatic heterocycles. The van der Waals surface area contributed by atoms with Crippen LogP contribution in [0.3, 0.4) is 0 Å². The zero-order chi connectivity index (χ0) is 20.6. The van der Waals surface area contributed by atoms with Crippen molar-refractivity contribution in [2.45, 2.75) is 6.92 Å². The van der Waals surface area contributed by atoms with E-state index in [4.69, 9.17) is 9.47 Å². The predicted octanol–water partition coefficient (Wildman–Crippen LogP) is 3.77. The molecule has 3 rings (SSSR count). The molecule has 0 atom stereocenters. The Morgan fingerprint density at radius 1 is 1.03 bits per heavy atom. The van der Waals surface area contributed by atoms with Crippen molar-refractivity contribution in [3.05, 3.63) is 65.9 Å². The molecule has 1 amide bonds. The molecule has 0 saturated carbocycles. The monoisotopic (exact) mass is 392 g/mol. The summed E-state index contributed by atoms with van der Waals surface area (Å²) in [5.74, 6) is 1.26. The van der Waals surface area contributed by atoms with E-state index in [9.17, 15) is 4.79 Å². The lowest BCUT2D eigenvalue weighted by molar-refractivity contribution is 0.102. The maximum absolute atomic E-state index is 12.9. The van der Waals surface area contributed by atoms with Crippen molar-refractivity contribution < 1.29 is 14.3 Å². The lowest BCUT2D eigenvalue weighted by Crippen LogP contribution is -2.17. The van der Waals surface area contributed by atoms with Crippen LogP contribution in [0.4, 0.5) is 11.5 Å². The molecule has 150 valence electrons. The summed E-state index contributed by atoms with van der Waals surface area (Å²) in [5, 5.41) is 6.05. The van der Waals surface area contributed by atoms with Gasteiger partial charge in [0.05, 0.1) is 19.4 Å². The van der Waals surface area contributed by atoms with Gasteiger partial charge < -0.3 is 20.1 Å². The molecule has 29 heavy (non-hydrogen) atoms. The van der Waals surface area contributed by atoms with Gasteiger partial charge in [-0.25, -0.2) is 9.97 Å². The van der Waals surface area contributed by atoms with Crippen LogP contribution in [0, 0.1) is 6.92 Å². The zero-order valence-corrected chi connectivity index (χ0v) is 16.7. The number of amides is 1. The number of aryl methyl sites for hydroxylation is 1. The van der Waals surface area contributed by atoms with Gasteiger partial charge in [0.15, 0.2) is 5.82 Å². The third-order valence-corrected chi connectivity index (χ3v) is 4.21. The fraction of sp³-hybridized carbons (Fsp3) is 0.227. The van der Waals surface area contributed by atoms with Gasteiger partial charge in [-0.15, -0.1) is 0 Å². The normalized spacial score (nSPS) is 10.4. The minimum Gasteiger partial charge on any atom is -0.495 e. The van der Waals surface area contributed by atoms with Crippen molar-refractivity contribution in [1.29, 1.82) is 0 Å². The molecule has 0 aliphatic carbocycles. The van der Waals surface area contributed by atoms with Gasteiger partial charge in [0.1, 0.15) is 17.3 Å². The summed E-state index contributed by atoms with van der Waals surface area (Å²) in [5.41, 5.74) is 2.68. The first-order chi connectivity index (χ1) is 14.1. The van der Waals surface area contributed by atoms with E-state index in [1.165, 1.54) is 0 Å². The first-order valence-corrected chi connectivity index (χ1v) is 9.24. The number of ether oxygens (including phenoxy) is 2. The van der Waals surface area contributed by atoms with E-state index in [1.54, 1.807) is 20.3 Å². The van der Waals surface area contributed by atoms with Gasteiger partial charge in [-0.05, 0) is 24.6 Å². The second-order valence-corrected chi connectivity index (χ2v) is 6.41. The number of benzene rings is 2. The van der Waals surface area contributed by atoms with E-state index in [-0.39, 0.29) is 11.6 Å². The highest BCUT2D eigenvalue weighted by molar-refractivity contribution is 6.04. The average Bonchev–Trinajstić information content (AvgIpc) is 2.74. The van der Waals surface area contributed by atoms with E-state index in [0.29, 0.717) is 36.2 Å².